The second kappa shape index (κ2) is 5.33. The molecule has 0 aliphatic carbocycles. The molecule has 1 aliphatic heterocycles. The van der Waals surface area contributed by atoms with Crippen LogP contribution in [-0.4, -0.2) is 31.3 Å². The van der Waals surface area contributed by atoms with Crippen LogP contribution in [0.15, 0.2) is 24.3 Å². The predicted molar refractivity (Wildman–Crippen MR) is 76.7 cm³/mol. The Hall–Kier alpha value is -1.14. The number of rotatable bonds is 4. The number of halogens is 2. The van der Waals surface area contributed by atoms with E-state index in [9.17, 15) is 8.78 Å². The third-order valence-corrected chi connectivity index (χ3v) is 3.91. The van der Waals surface area contributed by atoms with E-state index in [0.29, 0.717) is 5.69 Å². The molecule has 0 spiro atoms. The third kappa shape index (κ3) is 2.96. The van der Waals surface area contributed by atoms with Crippen LogP contribution in [0.2, 0.25) is 0 Å². The zero-order valence-corrected chi connectivity index (χ0v) is 12.2. The van der Waals surface area contributed by atoms with Gasteiger partial charge in [0.2, 0.25) is 0 Å². The highest BCUT2D eigenvalue weighted by Gasteiger charge is 2.52. The summed E-state index contributed by atoms with van der Waals surface area (Å²) < 4.78 is 36.6. The summed E-state index contributed by atoms with van der Waals surface area (Å²) >= 11 is 0. The van der Waals surface area contributed by atoms with E-state index in [1.54, 1.807) is 12.1 Å². The van der Waals surface area contributed by atoms with Gasteiger partial charge in [0.15, 0.2) is 0 Å². The molecule has 1 aromatic carbocycles. The lowest BCUT2D eigenvalue weighted by molar-refractivity contribution is 0.00578. The Labute approximate surface area is 118 Å². The van der Waals surface area contributed by atoms with Crippen molar-refractivity contribution in [2.75, 3.05) is 11.9 Å². The van der Waals surface area contributed by atoms with E-state index in [0.717, 1.165) is 5.46 Å². The van der Waals surface area contributed by atoms with Gasteiger partial charge in [0.05, 0.1) is 17.7 Å². The molecular formula is C14H20BF2NO2. The molecule has 110 valence electrons. The van der Waals surface area contributed by atoms with E-state index in [-0.39, 0.29) is 0 Å². The highest BCUT2D eigenvalue weighted by molar-refractivity contribution is 6.63. The van der Waals surface area contributed by atoms with Gasteiger partial charge in [-0.1, -0.05) is 18.2 Å². The van der Waals surface area contributed by atoms with Crippen LogP contribution in [0.1, 0.15) is 27.7 Å². The molecule has 2 rings (SSSR count). The van der Waals surface area contributed by atoms with E-state index in [4.69, 9.17) is 9.31 Å². The lowest BCUT2D eigenvalue weighted by atomic mass is 9.78. The SMILES string of the molecule is CC1(C)OB(c2ccccc2NCC(F)F)OC1(C)C. The van der Waals surface area contributed by atoms with Crippen molar-refractivity contribution in [1.82, 2.24) is 0 Å². The molecule has 6 heteroatoms. The maximum atomic E-state index is 12.4. The summed E-state index contributed by atoms with van der Waals surface area (Å²) in [6.07, 6.45) is -2.40. The summed E-state index contributed by atoms with van der Waals surface area (Å²) in [6, 6.07) is 7.22. The average Bonchev–Trinajstić information content (AvgIpc) is 2.56. The van der Waals surface area contributed by atoms with Gasteiger partial charge in [-0.15, -0.1) is 0 Å². The average molecular weight is 283 g/mol. The molecule has 0 aromatic heterocycles. The minimum absolute atomic E-state index is 0.392. The highest BCUT2D eigenvalue weighted by atomic mass is 19.3. The van der Waals surface area contributed by atoms with Gasteiger partial charge in [0.1, 0.15) is 0 Å². The second-order valence-corrected chi connectivity index (χ2v) is 5.95. The predicted octanol–water partition coefficient (Wildman–Crippen LogP) is 2.66. The van der Waals surface area contributed by atoms with E-state index >= 15 is 0 Å². The summed E-state index contributed by atoms with van der Waals surface area (Å²) in [5.74, 6) is 0. The van der Waals surface area contributed by atoms with Crippen molar-refractivity contribution >= 4 is 18.3 Å². The molecular weight excluding hydrogens is 263 g/mol. The monoisotopic (exact) mass is 283 g/mol. The van der Waals surface area contributed by atoms with Crippen molar-refractivity contribution in [1.29, 1.82) is 0 Å². The van der Waals surface area contributed by atoms with Crippen LogP contribution in [0, 0.1) is 0 Å². The van der Waals surface area contributed by atoms with Gasteiger partial charge in [-0.25, -0.2) is 8.78 Å². The first-order chi connectivity index (χ1) is 9.23. The van der Waals surface area contributed by atoms with Crippen LogP contribution in [0.3, 0.4) is 0 Å². The summed E-state index contributed by atoms with van der Waals surface area (Å²) in [7, 11) is -0.554. The lowest BCUT2D eigenvalue weighted by Gasteiger charge is -2.32. The highest BCUT2D eigenvalue weighted by Crippen LogP contribution is 2.36. The Morgan fingerprint density at radius 2 is 1.65 bits per heavy atom. The third-order valence-electron chi connectivity index (χ3n) is 3.91. The maximum Gasteiger partial charge on any atom is 0.496 e. The molecule has 0 unspecified atom stereocenters. The van der Waals surface area contributed by atoms with Crippen LogP contribution < -0.4 is 10.8 Å². The van der Waals surface area contributed by atoms with Gasteiger partial charge in [-0.3, -0.25) is 0 Å². The number of anilines is 1. The van der Waals surface area contributed by atoms with Crippen molar-refractivity contribution in [3.63, 3.8) is 0 Å². The zero-order valence-electron chi connectivity index (χ0n) is 12.2. The van der Waals surface area contributed by atoms with Crippen molar-refractivity contribution in [2.24, 2.45) is 0 Å². The Morgan fingerprint density at radius 3 is 2.20 bits per heavy atom. The van der Waals surface area contributed by atoms with Crippen molar-refractivity contribution in [3.05, 3.63) is 24.3 Å². The quantitative estimate of drug-likeness (QED) is 0.862. The number of nitrogens with one attached hydrogen (secondary N) is 1. The molecule has 1 aliphatic rings. The molecule has 1 N–H and O–H groups in total. The number of para-hydroxylation sites is 1. The molecule has 3 nitrogen and oxygen atoms in total. The van der Waals surface area contributed by atoms with E-state index < -0.39 is 31.3 Å². The number of alkyl halides is 2. The zero-order chi connectivity index (χ0) is 15.0. The Balaban J connectivity index is 2.22. The molecule has 20 heavy (non-hydrogen) atoms. The largest absolute Gasteiger partial charge is 0.496 e. The summed E-state index contributed by atoms with van der Waals surface area (Å²) in [5, 5.41) is 2.73. The Morgan fingerprint density at radius 1 is 1.10 bits per heavy atom. The van der Waals surface area contributed by atoms with Gasteiger partial charge in [0.25, 0.3) is 6.43 Å². The van der Waals surface area contributed by atoms with E-state index in [1.807, 2.05) is 39.8 Å². The van der Waals surface area contributed by atoms with Gasteiger partial charge >= 0.3 is 7.12 Å². The molecule has 1 aromatic rings. The van der Waals surface area contributed by atoms with E-state index in [2.05, 4.69) is 5.32 Å². The Bertz CT molecular complexity index is 464. The Kier molecular flexibility index (Phi) is 4.07. The smallest absolute Gasteiger partial charge is 0.399 e. The number of hydrogen-bond donors (Lipinski definition) is 1. The number of hydrogen-bond acceptors (Lipinski definition) is 3. The van der Waals surface area contributed by atoms with Crippen LogP contribution in [0.25, 0.3) is 0 Å². The molecule has 0 radical (unpaired) electrons. The summed E-state index contributed by atoms with van der Waals surface area (Å²) in [4.78, 5) is 0. The van der Waals surface area contributed by atoms with Gasteiger partial charge < -0.3 is 14.6 Å². The van der Waals surface area contributed by atoms with Gasteiger partial charge in [-0.2, -0.15) is 0 Å². The van der Waals surface area contributed by atoms with Crippen LogP contribution >= 0.6 is 0 Å². The van der Waals surface area contributed by atoms with Crippen molar-refractivity contribution < 1.29 is 18.1 Å². The first kappa shape index (κ1) is 15.3. The van der Waals surface area contributed by atoms with Crippen LogP contribution in [-0.2, 0) is 9.31 Å². The second-order valence-electron chi connectivity index (χ2n) is 5.95. The number of benzene rings is 1. The van der Waals surface area contributed by atoms with Crippen molar-refractivity contribution in [3.8, 4) is 0 Å². The molecule has 1 fully saturated rings. The van der Waals surface area contributed by atoms with Crippen molar-refractivity contribution in [2.45, 2.75) is 45.3 Å². The minimum Gasteiger partial charge on any atom is -0.399 e. The molecule has 0 saturated carbocycles. The maximum absolute atomic E-state index is 12.4. The molecule has 0 atom stereocenters. The van der Waals surface area contributed by atoms with Crippen LogP contribution in [0.5, 0.6) is 0 Å². The first-order valence-corrected chi connectivity index (χ1v) is 6.69. The molecule has 1 saturated heterocycles. The molecule has 0 bridgehead atoms. The minimum atomic E-state index is -2.40. The fourth-order valence-electron chi connectivity index (χ4n) is 2.02. The molecule has 0 amide bonds. The van der Waals surface area contributed by atoms with E-state index in [1.165, 1.54) is 0 Å². The van der Waals surface area contributed by atoms with Gasteiger partial charge in [-0.05, 0) is 33.8 Å². The molecule has 1 heterocycles. The first-order valence-electron chi connectivity index (χ1n) is 6.69. The normalized spacial score (nSPS) is 20.4. The standard InChI is InChI=1S/C14H20BF2NO2/c1-13(2)14(3,4)20-15(19-13)10-7-5-6-8-11(10)18-9-12(16)17/h5-8,12,18H,9H2,1-4H3. The van der Waals surface area contributed by atoms with Gasteiger partial charge in [0, 0.05) is 11.2 Å². The van der Waals surface area contributed by atoms with Crippen LogP contribution in [0.4, 0.5) is 14.5 Å². The fraction of sp³-hybridized carbons (Fsp3) is 0.571. The summed E-state index contributed by atoms with van der Waals surface area (Å²) in [6.45, 7) is 7.45. The summed E-state index contributed by atoms with van der Waals surface area (Å²) in [5.41, 5.74) is 0.458. The topological polar surface area (TPSA) is 30.5 Å². The fourth-order valence-corrected chi connectivity index (χ4v) is 2.02. The lowest BCUT2D eigenvalue weighted by Crippen LogP contribution is -2.41.